The lowest BCUT2D eigenvalue weighted by Crippen LogP contribution is -2.11. The summed E-state index contributed by atoms with van der Waals surface area (Å²) in [6.07, 6.45) is 1.59. The smallest absolute Gasteiger partial charge is 0.239 e. The number of benzene rings is 1. The second-order valence-electron chi connectivity index (χ2n) is 3.29. The van der Waals surface area contributed by atoms with Crippen molar-refractivity contribution in [3.63, 3.8) is 0 Å². The molecule has 0 aliphatic rings. The average molecular weight is 349 g/mol. The van der Waals surface area contributed by atoms with Gasteiger partial charge in [0.1, 0.15) is 5.82 Å². The molecule has 5 nitrogen and oxygen atoms in total. The van der Waals surface area contributed by atoms with E-state index in [0.29, 0.717) is 26.3 Å². The van der Waals surface area contributed by atoms with Crippen LogP contribution in [0.5, 0.6) is 0 Å². The van der Waals surface area contributed by atoms with E-state index in [1.807, 2.05) is 0 Å². The number of anilines is 3. The zero-order valence-corrected chi connectivity index (χ0v) is 12.0. The van der Waals surface area contributed by atoms with Gasteiger partial charge in [-0.25, -0.2) is 10.8 Å². The van der Waals surface area contributed by atoms with Crippen LogP contribution in [0.2, 0.25) is 10.0 Å². The first-order chi connectivity index (χ1) is 8.60. The van der Waals surface area contributed by atoms with E-state index >= 15 is 0 Å². The minimum Gasteiger partial charge on any atom is -0.339 e. The highest BCUT2D eigenvalue weighted by Gasteiger charge is 2.06. The van der Waals surface area contributed by atoms with Crippen molar-refractivity contribution in [1.82, 2.24) is 9.97 Å². The molecule has 18 heavy (non-hydrogen) atoms. The molecule has 1 aromatic heterocycles. The van der Waals surface area contributed by atoms with E-state index in [-0.39, 0.29) is 0 Å². The summed E-state index contributed by atoms with van der Waals surface area (Å²) < 4.78 is 0.701. The first-order valence-electron chi connectivity index (χ1n) is 4.81. The Bertz CT molecular complexity index is 578. The molecule has 0 fully saturated rings. The molecule has 1 aromatic carbocycles. The van der Waals surface area contributed by atoms with Gasteiger partial charge in [0.25, 0.3) is 0 Å². The molecule has 0 aliphatic heterocycles. The zero-order chi connectivity index (χ0) is 13.1. The average Bonchev–Trinajstić information content (AvgIpc) is 2.36. The second-order valence-corrected chi connectivity index (χ2v) is 4.96. The van der Waals surface area contributed by atoms with Gasteiger partial charge in [-0.05, 0) is 34.1 Å². The highest BCUT2D eigenvalue weighted by atomic mass is 79.9. The van der Waals surface area contributed by atoms with Crippen molar-refractivity contribution in [1.29, 1.82) is 0 Å². The highest BCUT2D eigenvalue weighted by Crippen LogP contribution is 2.28. The van der Waals surface area contributed by atoms with Crippen LogP contribution in [-0.4, -0.2) is 9.97 Å². The Morgan fingerprint density at radius 2 is 2.00 bits per heavy atom. The fourth-order valence-electron chi connectivity index (χ4n) is 1.23. The first-order valence-corrected chi connectivity index (χ1v) is 6.36. The summed E-state index contributed by atoms with van der Waals surface area (Å²) in [6, 6.07) is 5.19. The van der Waals surface area contributed by atoms with Crippen molar-refractivity contribution in [2.45, 2.75) is 0 Å². The van der Waals surface area contributed by atoms with Crippen molar-refractivity contribution < 1.29 is 0 Å². The molecule has 0 radical (unpaired) electrons. The summed E-state index contributed by atoms with van der Waals surface area (Å²) in [7, 11) is 0. The largest absolute Gasteiger partial charge is 0.339 e. The van der Waals surface area contributed by atoms with Gasteiger partial charge < -0.3 is 5.32 Å². The number of aromatic nitrogens is 2. The van der Waals surface area contributed by atoms with E-state index in [0.717, 1.165) is 5.69 Å². The predicted octanol–water partition coefficient (Wildman–Crippen LogP) is 3.58. The van der Waals surface area contributed by atoms with Gasteiger partial charge in [0.2, 0.25) is 5.95 Å². The molecule has 0 aliphatic carbocycles. The van der Waals surface area contributed by atoms with Crippen LogP contribution in [-0.2, 0) is 0 Å². The molecule has 8 heteroatoms. The lowest BCUT2D eigenvalue weighted by Gasteiger charge is -2.09. The second kappa shape index (κ2) is 5.71. The van der Waals surface area contributed by atoms with Crippen LogP contribution in [0.3, 0.4) is 0 Å². The zero-order valence-electron chi connectivity index (χ0n) is 8.92. The minimum absolute atomic E-state index is 0.306. The number of hydrogen-bond acceptors (Lipinski definition) is 5. The maximum absolute atomic E-state index is 5.93. The monoisotopic (exact) mass is 347 g/mol. The third-order valence-electron chi connectivity index (χ3n) is 2.06. The molecule has 0 saturated carbocycles. The van der Waals surface area contributed by atoms with Gasteiger partial charge in [-0.2, -0.15) is 4.98 Å². The predicted molar refractivity (Wildman–Crippen MR) is 77.3 cm³/mol. The Kier molecular flexibility index (Phi) is 4.23. The number of hydrazine groups is 1. The third-order valence-corrected chi connectivity index (χ3v) is 3.37. The van der Waals surface area contributed by atoms with E-state index < -0.39 is 0 Å². The maximum Gasteiger partial charge on any atom is 0.239 e. The standard InChI is InChI=1S/C10H8BrCl2N5/c11-6-4-15-10(18-14)17-9(6)16-5-1-2-7(12)8(13)3-5/h1-4H,14H2,(H2,15,16,17,18). The maximum atomic E-state index is 5.93. The molecule has 0 amide bonds. The number of nitrogens with two attached hydrogens (primary N) is 1. The Morgan fingerprint density at radius 3 is 2.67 bits per heavy atom. The summed E-state index contributed by atoms with van der Waals surface area (Å²) in [5.41, 5.74) is 3.13. The number of hydrogen-bond donors (Lipinski definition) is 3. The molecule has 0 atom stereocenters. The molecule has 0 unspecified atom stereocenters. The lowest BCUT2D eigenvalue weighted by atomic mass is 10.3. The lowest BCUT2D eigenvalue weighted by molar-refractivity contribution is 1.11. The number of nitrogen functional groups attached to an aromatic ring is 1. The van der Waals surface area contributed by atoms with E-state index in [1.54, 1.807) is 24.4 Å². The van der Waals surface area contributed by atoms with Crippen LogP contribution >= 0.6 is 39.1 Å². The van der Waals surface area contributed by atoms with Crippen LogP contribution < -0.4 is 16.6 Å². The SMILES string of the molecule is NNc1ncc(Br)c(Nc2ccc(Cl)c(Cl)c2)n1. The molecular formula is C10H8BrCl2N5. The van der Waals surface area contributed by atoms with Crippen LogP contribution in [0.15, 0.2) is 28.9 Å². The van der Waals surface area contributed by atoms with Gasteiger partial charge in [0.15, 0.2) is 0 Å². The quantitative estimate of drug-likeness (QED) is 0.584. The van der Waals surface area contributed by atoms with Crippen LogP contribution in [0.1, 0.15) is 0 Å². The first kappa shape index (κ1) is 13.4. The Morgan fingerprint density at radius 1 is 1.22 bits per heavy atom. The van der Waals surface area contributed by atoms with Crippen LogP contribution in [0.4, 0.5) is 17.5 Å². The molecule has 1 heterocycles. The molecule has 2 rings (SSSR count). The fourth-order valence-corrected chi connectivity index (χ4v) is 1.82. The third kappa shape index (κ3) is 3.02. The molecule has 2 aromatic rings. The van der Waals surface area contributed by atoms with Crippen LogP contribution in [0.25, 0.3) is 0 Å². The summed E-state index contributed by atoms with van der Waals surface area (Å²) in [5, 5.41) is 4.03. The number of halogens is 3. The molecule has 0 saturated heterocycles. The van der Waals surface area contributed by atoms with Gasteiger partial charge >= 0.3 is 0 Å². The van der Waals surface area contributed by atoms with Crippen molar-refractivity contribution in [3.05, 3.63) is 38.9 Å². The normalized spacial score (nSPS) is 10.2. The van der Waals surface area contributed by atoms with Gasteiger partial charge in [-0.15, -0.1) is 0 Å². The summed E-state index contributed by atoms with van der Waals surface area (Å²) in [5.74, 6) is 6.12. The fraction of sp³-hybridized carbons (Fsp3) is 0. The van der Waals surface area contributed by atoms with Crippen molar-refractivity contribution in [2.75, 3.05) is 10.7 Å². The van der Waals surface area contributed by atoms with E-state index in [1.165, 1.54) is 0 Å². The van der Waals surface area contributed by atoms with E-state index in [9.17, 15) is 0 Å². The van der Waals surface area contributed by atoms with Crippen molar-refractivity contribution in [2.24, 2.45) is 5.84 Å². The van der Waals surface area contributed by atoms with Gasteiger partial charge in [0.05, 0.1) is 14.5 Å². The number of nitrogens with zero attached hydrogens (tertiary/aromatic N) is 2. The summed E-state index contributed by atoms with van der Waals surface area (Å²) in [6.45, 7) is 0. The van der Waals surface area contributed by atoms with Crippen LogP contribution in [0, 0.1) is 0 Å². The van der Waals surface area contributed by atoms with Gasteiger partial charge in [-0.1, -0.05) is 23.2 Å². The topological polar surface area (TPSA) is 75.9 Å². The summed E-state index contributed by atoms with van der Waals surface area (Å²) in [4.78, 5) is 8.11. The Balaban J connectivity index is 2.30. The molecule has 0 bridgehead atoms. The molecule has 4 N–H and O–H groups in total. The van der Waals surface area contributed by atoms with E-state index in [4.69, 9.17) is 29.0 Å². The van der Waals surface area contributed by atoms with Crippen molar-refractivity contribution >= 4 is 56.6 Å². The van der Waals surface area contributed by atoms with Gasteiger partial charge in [0, 0.05) is 11.9 Å². The van der Waals surface area contributed by atoms with E-state index in [2.05, 4.69) is 36.6 Å². The Labute approximate surface area is 122 Å². The minimum atomic E-state index is 0.306. The molecular weight excluding hydrogens is 341 g/mol. The van der Waals surface area contributed by atoms with Gasteiger partial charge in [-0.3, -0.25) is 5.43 Å². The Hall–Kier alpha value is -1.08. The summed E-state index contributed by atoms with van der Waals surface area (Å²) >= 11 is 15.1. The highest BCUT2D eigenvalue weighted by molar-refractivity contribution is 9.10. The number of nitrogens with one attached hydrogen (secondary N) is 2. The molecule has 0 spiro atoms. The molecule has 94 valence electrons. The number of rotatable bonds is 3. The van der Waals surface area contributed by atoms with Crippen molar-refractivity contribution in [3.8, 4) is 0 Å².